The average molecular weight is 461 g/mol. The predicted octanol–water partition coefficient (Wildman–Crippen LogP) is 9.39. The largest absolute Gasteiger partial charge is 0.294 e. The van der Waals surface area contributed by atoms with Crippen molar-refractivity contribution in [2.45, 2.75) is 6.42 Å². The van der Waals surface area contributed by atoms with Gasteiger partial charge in [0.15, 0.2) is 5.78 Å². The van der Waals surface area contributed by atoms with Gasteiger partial charge in [-0.25, -0.2) is 0 Å². The van der Waals surface area contributed by atoms with Crippen molar-refractivity contribution >= 4 is 99.7 Å². The molecule has 0 saturated heterocycles. The molecule has 0 saturated carbocycles. The fraction of sp³-hybridized carbons (Fsp3) is 0.0333. The van der Waals surface area contributed by atoms with Gasteiger partial charge in [0.1, 0.15) is 0 Å². The summed E-state index contributed by atoms with van der Waals surface area (Å²) in [6.45, 7) is 0. The van der Waals surface area contributed by atoms with Crippen LogP contribution in [-0.4, -0.2) is 5.78 Å². The first kappa shape index (κ1) is 18.1. The van der Waals surface area contributed by atoms with Crippen LogP contribution < -0.4 is 0 Å². The van der Waals surface area contributed by atoms with Crippen molar-refractivity contribution in [3.8, 4) is 0 Å². The Balaban J connectivity index is 1.77. The summed E-state index contributed by atoms with van der Waals surface area (Å²) in [7, 11) is 0. The highest BCUT2D eigenvalue weighted by atomic mass is 35.5. The average Bonchev–Trinajstić information content (AvgIpc) is 2.82. The van der Waals surface area contributed by atoms with E-state index in [0.29, 0.717) is 16.5 Å². The maximum absolute atomic E-state index is 12.7. The minimum absolute atomic E-state index is 0.142. The molecule has 0 atom stereocenters. The van der Waals surface area contributed by atoms with E-state index in [9.17, 15) is 4.79 Å². The Bertz CT molecular complexity index is 2030. The number of hydrogen-bond acceptors (Lipinski definition) is 1. The number of Topliss-reactive ketones (excluding diaryl/α,β-unsaturated/α-hetero) is 1. The van der Waals surface area contributed by atoms with Gasteiger partial charge in [-0.15, -0.1) is 0 Å². The van der Waals surface area contributed by atoms with E-state index >= 15 is 0 Å². The van der Waals surface area contributed by atoms with Gasteiger partial charge in [0.25, 0.3) is 0 Å². The van der Waals surface area contributed by atoms with Gasteiger partial charge in [0.05, 0.1) is 0 Å². The lowest BCUT2D eigenvalue weighted by molar-refractivity contribution is 0.0995. The predicted molar refractivity (Wildman–Crippen MR) is 142 cm³/mol. The summed E-state index contributed by atoms with van der Waals surface area (Å²) in [5, 5.41) is 14.9. The Hall–Kier alpha value is -3.39. The molecule has 0 amide bonds. The second-order valence-corrected chi connectivity index (χ2v) is 9.89. The monoisotopic (exact) mass is 460 g/mol. The Morgan fingerprint density at radius 1 is 0.606 bits per heavy atom. The molecule has 8 rings (SSSR count). The van der Waals surface area contributed by atoms with Crippen molar-refractivity contribution in [2.75, 3.05) is 0 Å². The molecule has 0 fully saturated rings. The molecule has 1 aliphatic rings. The molecule has 0 bridgehead atoms. The van der Waals surface area contributed by atoms with Gasteiger partial charge in [0.2, 0.25) is 0 Å². The number of halogens is 2. The van der Waals surface area contributed by atoms with Crippen LogP contribution in [0.5, 0.6) is 0 Å². The zero-order valence-electron chi connectivity index (χ0n) is 17.3. The molecule has 0 unspecified atom stereocenters. The zero-order chi connectivity index (χ0) is 22.0. The molecular weight excluding hydrogens is 447 g/mol. The molecule has 0 heterocycles. The molecule has 1 aliphatic carbocycles. The van der Waals surface area contributed by atoms with Gasteiger partial charge in [-0.05, 0) is 85.1 Å². The van der Waals surface area contributed by atoms with E-state index in [1.807, 2.05) is 18.2 Å². The summed E-state index contributed by atoms with van der Waals surface area (Å²) < 4.78 is 0. The van der Waals surface area contributed by atoms with Crippen molar-refractivity contribution in [1.29, 1.82) is 0 Å². The minimum atomic E-state index is 0.142. The number of allylic oxidation sites excluding steroid dienone is 1. The molecule has 0 aliphatic heterocycles. The summed E-state index contributed by atoms with van der Waals surface area (Å²) >= 11 is 13.9. The van der Waals surface area contributed by atoms with Gasteiger partial charge < -0.3 is 0 Å². The van der Waals surface area contributed by atoms with E-state index in [1.165, 1.54) is 21.5 Å². The van der Waals surface area contributed by atoms with Crippen LogP contribution in [0.4, 0.5) is 0 Å². The highest BCUT2D eigenvalue weighted by Gasteiger charge is 2.24. The standard InChI is InChI=1S/C30H14Cl2O/c31-24-10-15-8-14-4-1-2-5-17(14)20-12-22-25(32)11-16-9-19-18(6-3-7-26(19)33)21-13-23(24)29(27(15)20)30(22)28(16)21/h1-6,8-13H,7H2. The van der Waals surface area contributed by atoms with Crippen molar-refractivity contribution in [2.24, 2.45) is 0 Å². The number of benzene rings is 7. The molecule has 1 nitrogen and oxygen atoms in total. The SMILES string of the molecule is O=C1CC=Cc2c1cc1cc(Cl)c3cc4c5ccccc5cc5cc(Cl)c6cc2c1c3c6c54. The Kier molecular flexibility index (Phi) is 3.25. The van der Waals surface area contributed by atoms with Gasteiger partial charge in [0, 0.05) is 43.6 Å². The van der Waals surface area contributed by atoms with Crippen LogP contribution >= 0.6 is 23.2 Å². The number of ketones is 1. The molecule has 0 spiro atoms. The fourth-order valence-electron chi connectivity index (χ4n) is 6.06. The maximum Gasteiger partial charge on any atom is 0.167 e. The first-order valence-electron chi connectivity index (χ1n) is 11.0. The molecule has 0 radical (unpaired) electrons. The van der Waals surface area contributed by atoms with Gasteiger partial charge in [-0.2, -0.15) is 0 Å². The minimum Gasteiger partial charge on any atom is -0.294 e. The van der Waals surface area contributed by atoms with Crippen LogP contribution in [0.2, 0.25) is 10.0 Å². The smallest absolute Gasteiger partial charge is 0.167 e. The number of hydrogen-bond donors (Lipinski definition) is 0. The van der Waals surface area contributed by atoms with Gasteiger partial charge in [-0.3, -0.25) is 4.79 Å². The first-order chi connectivity index (χ1) is 16.1. The summed E-state index contributed by atoms with van der Waals surface area (Å²) in [4.78, 5) is 12.7. The highest BCUT2D eigenvalue weighted by molar-refractivity contribution is 6.48. The van der Waals surface area contributed by atoms with Crippen LogP contribution in [-0.2, 0) is 0 Å². The molecule has 33 heavy (non-hydrogen) atoms. The van der Waals surface area contributed by atoms with E-state index in [4.69, 9.17) is 23.2 Å². The van der Waals surface area contributed by atoms with Gasteiger partial charge in [-0.1, -0.05) is 59.6 Å². The third-order valence-corrected chi connectivity index (χ3v) is 8.02. The lowest BCUT2D eigenvalue weighted by Gasteiger charge is -2.22. The Morgan fingerprint density at radius 2 is 1.27 bits per heavy atom. The van der Waals surface area contributed by atoms with Crippen molar-refractivity contribution in [3.05, 3.63) is 87.9 Å². The van der Waals surface area contributed by atoms with Crippen LogP contribution in [0, 0.1) is 0 Å². The van der Waals surface area contributed by atoms with Crippen LogP contribution in [0.15, 0.2) is 66.7 Å². The molecule has 7 aromatic rings. The number of carbonyl (C=O) groups excluding carboxylic acids is 1. The molecule has 0 aromatic heterocycles. The zero-order valence-corrected chi connectivity index (χ0v) is 18.8. The van der Waals surface area contributed by atoms with Crippen LogP contribution in [0.25, 0.3) is 70.7 Å². The van der Waals surface area contributed by atoms with E-state index in [0.717, 1.165) is 54.2 Å². The maximum atomic E-state index is 12.7. The quantitative estimate of drug-likeness (QED) is 0.162. The third-order valence-electron chi connectivity index (χ3n) is 7.39. The summed E-state index contributed by atoms with van der Waals surface area (Å²) in [5.41, 5.74) is 1.74. The highest BCUT2D eigenvalue weighted by Crippen LogP contribution is 2.50. The lowest BCUT2D eigenvalue weighted by atomic mass is 9.82. The summed E-state index contributed by atoms with van der Waals surface area (Å²) in [6.07, 6.45) is 4.47. The fourth-order valence-corrected chi connectivity index (χ4v) is 6.59. The van der Waals surface area contributed by atoms with E-state index in [2.05, 4.69) is 54.6 Å². The third kappa shape index (κ3) is 2.13. The van der Waals surface area contributed by atoms with Crippen molar-refractivity contribution in [1.82, 2.24) is 0 Å². The number of carbonyl (C=O) groups is 1. The second kappa shape index (κ2) is 5.94. The van der Waals surface area contributed by atoms with Crippen LogP contribution in [0.1, 0.15) is 22.3 Å². The molecule has 3 heteroatoms. The first-order valence-corrected chi connectivity index (χ1v) is 11.8. The summed E-state index contributed by atoms with van der Waals surface area (Å²) in [5.74, 6) is 0.142. The Morgan fingerprint density at radius 3 is 2.06 bits per heavy atom. The topological polar surface area (TPSA) is 17.1 Å². The van der Waals surface area contributed by atoms with E-state index < -0.39 is 0 Å². The normalized spacial score (nSPS) is 14.2. The van der Waals surface area contributed by atoms with Crippen molar-refractivity contribution < 1.29 is 4.79 Å². The Labute approximate surface area is 198 Å². The van der Waals surface area contributed by atoms with Crippen LogP contribution in [0.3, 0.4) is 0 Å². The lowest BCUT2D eigenvalue weighted by Crippen LogP contribution is -2.05. The number of rotatable bonds is 0. The molecule has 154 valence electrons. The second-order valence-electron chi connectivity index (χ2n) is 9.07. The molecule has 0 N–H and O–H groups in total. The van der Waals surface area contributed by atoms with E-state index in [1.54, 1.807) is 0 Å². The summed E-state index contributed by atoms with van der Waals surface area (Å²) in [6, 6.07) is 21.2. The molecule has 7 aromatic carbocycles. The molecular formula is C30H14Cl2O. The van der Waals surface area contributed by atoms with Gasteiger partial charge >= 0.3 is 0 Å². The van der Waals surface area contributed by atoms with Crippen molar-refractivity contribution in [3.63, 3.8) is 0 Å². The number of fused-ring (bicyclic) bond motifs is 4. The van der Waals surface area contributed by atoms with E-state index in [-0.39, 0.29) is 5.78 Å².